The van der Waals surface area contributed by atoms with Crippen molar-refractivity contribution in [3.63, 3.8) is 0 Å². The summed E-state index contributed by atoms with van der Waals surface area (Å²) in [6.45, 7) is 2.54. The van der Waals surface area contributed by atoms with E-state index in [2.05, 4.69) is 25.6 Å². The number of carbonyl (C=O) groups excluding carboxylic acids is 1. The standard InChI is InChI=1S/C17H17N5OS/c1-12(16-18-7-8-24-16)9-21-17(23)22-14-10-19-15(20-11-14)13-5-3-2-4-6-13/h2-8,10-12H,9H2,1H3,(H2,21,22,23)/t12-/m1/s1. The lowest BCUT2D eigenvalue weighted by Gasteiger charge is -2.11. The first-order valence-corrected chi connectivity index (χ1v) is 8.42. The van der Waals surface area contributed by atoms with Gasteiger partial charge in [-0.1, -0.05) is 37.3 Å². The maximum Gasteiger partial charge on any atom is 0.319 e. The molecule has 0 bridgehead atoms. The van der Waals surface area contributed by atoms with Crippen LogP contribution in [0.2, 0.25) is 0 Å². The zero-order valence-corrected chi connectivity index (χ0v) is 14.0. The van der Waals surface area contributed by atoms with Gasteiger partial charge in [0.1, 0.15) is 0 Å². The highest BCUT2D eigenvalue weighted by molar-refractivity contribution is 7.09. The van der Waals surface area contributed by atoms with Gasteiger partial charge in [-0.15, -0.1) is 11.3 Å². The molecule has 0 aliphatic heterocycles. The second kappa shape index (κ2) is 7.65. The largest absolute Gasteiger partial charge is 0.337 e. The Morgan fingerprint density at radius 2 is 1.92 bits per heavy atom. The van der Waals surface area contributed by atoms with Gasteiger partial charge in [0.05, 0.1) is 23.1 Å². The predicted molar refractivity (Wildman–Crippen MR) is 95.0 cm³/mol. The van der Waals surface area contributed by atoms with Crippen LogP contribution in [0.1, 0.15) is 17.8 Å². The van der Waals surface area contributed by atoms with E-state index in [9.17, 15) is 4.79 Å². The summed E-state index contributed by atoms with van der Waals surface area (Å²) >= 11 is 1.58. The van der Waals surface area contributed by atoms with Gasteiger partial charge in [-0.3, -0.25) is 0 Å². The van der Waals surface area contributed by atoms with Gasteiger partial charge in [0.2, 0.25) is 0 Å². The van der Waals surface area contributed by atoms with Gasteiger partial charge in [-0.05, 0) is 0 Å². The first-order valence-electron chi connectivity index (χ1n) is 7.54. The fourth-order valence-corrected chi connectivity index (χ4v) is 2.81. The molecule has 0 aliphatic carbocycles. The number of thiazole rings is 1. The van der Waals surface area contributed by atoms with Crippen LogP contribution in [0.4, 0.5) is 10.5 Å². The van der Waals surface area contributed by atoms with Crippen molar-refractivity contribution in [1.29, 1.82) is 0 Å². The maximum atomic E-state index is 11.9. The van der Waals surface area contributed by atoms with Gasteiger partial charge < -0.3 is 10.6 Å². The molecule has 2 heterocycles. The third-order valence-electron chi connectivity index (χ3n) is 3.38. The number of aromatic nitrogens is 3. The molecule has 0 spiro atoms. The summed E-state index contributed by atoms with van der Waals surface area (Å²) in [7, 11) is 0. The van der Waals surface area contributed by atoms with Crippen LogP contribution in [-0.2, 0) is 0 Å². The number of anilines is 1. The highest BCUT2D eigenvalue weighted by Crippen LogP contribution is 2.17. The van der Waals surface area contributed by atoms with Crippen LogP contribution in [0.15, 0.2) is 54.3 Å². The van der Waals surface area contributed by atoms with Crippen LogP contribution in [0.5, 0.6) is 0 Å². The van der Waals surface area contributed by atoms with Crippen molar-refractivity contribution in [1.82, 2.24) is 20.3 Å². The lowest BCUT2D eigenvalue weighted by atomic mass is 10.2. The summed E-state index contributed by atoms with van der Waals surface area (Å²) in [4.78, 5) is 24.7. The molecule has 1 atom stereocenters. The summed E-state index contributed by atoms with van der Waals surface area (Å²) < 4.78 is 0. The summed E-state index contributed by atoms with van der Waals surface area (Å²) in [6.07, 6.45) is 4.96. The van der Waals surface area contributed by atoms with Crippen molar-refractivity contribution < 1.29 is 4.79 Å². The number of rotatable bonds is 5. The Kier molecular flexibility index (Phi) is 5.12. The molecule has 2 N–H and O–H groups in total. The Hall–Kier alpha value is -2.80. The zero-order chi connectivity index (χ0) is 16.8. The number of benzene rings is 1. The number of urea groups is 1. The van der Waals surface area contributed by atoms with E-state index >= 15 is 0 Å². The number of carbonyl (C=O) groups is 1. The Morgan fingerprint density at radius 1 is 1.17 bits per heavy atom. The van der Waals surface area contributed by atoms with E-state index in [1.165, 1.54) is 0 Å². The Labute approximate surface area is 144 Å². The molecule has 0 aliphatic rings. The van der Waals surface area contributed by atoms with E-state index in [4.69, 9.17) is 0 Å². The normalized spacial score (nSPS) is 11.7. The van der Waals surface area contributed by atoms with Gasteiger partial charge in [0.15, 0.2) is 5.82 Å². The van der Waals surface area contributed by atoms with Crippen molar-refractivity contribution >= 4 is 23.1 Å². The van der Waals surface area contributed by atoms with Crippen LogP contribution in [0.25, 0.3) is 11.4 Å². The van der Waals surface area contributed by atoms with Gasteiger partial charge in [0.25, 0.3) is 0 Å². The summed E-state index contributed by atoms with van der Waals surface area (Å²) in [5.41, 5.74) is 1.49. The van der Waals surface area contributed by atoms with Crippen LogP contribution in [-0.4, -0.2) is 27.5 Å². The third kappa shape index (κ3) is 4.14. The number of nitrogens with one attached hydrogen (secondary N) is 2. The van der Waals surface area contributed by atoms with Crippen molar-refractivity contribution in [2.24, 2.45) is 0 Å². The lowest BCUT2D eigenvalue weighted by Crippen LogP contribution is -2.31. The predicted octanol–water partition coefficient (Wildman–Crippen LogP) is 3.53. The number of hydrogen-bond acceptors (Lipinski definition) is 5. The highest BCUT2D eigenvalue weighted by atomic mass is 32.1. The molecule has 122 valence electrons. The monoisotopic (exact) mass is 339 g/mol. The average molecular weight is 339 g/mol. The molecule has 0 radical (unpaired) electrons. The first-order chi connectivity index (χ1) is 11.7. The SMILES string of the molecule is C[C@H](CNC(=O)Nc1cnc(-c2ccccc2)nc1)c1nccs1. The summed E-state index contributed by atoms with van der Waals surface area (Å²) in [5.74, 6) is 0.798. The summed E-state index contributed by atoms with van der Waals surface area (Å²) in [5, 5.41) is 8.49. The molecule has 2 amide bonds. The van der Waals surface area contributed by atoms with Crippen LogP contribution in [0, 0.1) is 0 Å². The van der Waals surface area contributed by atoms with Crippen LogP contribution >= 0.6 is 11.3 Å². The second-order valence-corrected chi connectivity index (χ2v) is 6.19. The molecule has 1 aromatic carbocycles. The number of amides is 2. The molecule has 3 rings (SSSR count). The van der Waals surface area contributed by atoms with Gasteiger partial charge >= 0.3 is 6.03 Å². The van der Waals surface area contributed by atoms with E-state index in [0.717, 1.165) is 10.6 Å². The van der Waals surface area contributed by atoms with Crippen molar-refractivity contribution in [3.8, 4) is 11.4 Å². The topological polar surface area (TPSA) is 79.8 Å². The summed E-state index contributed by atoms with van der Waals surface area (Å²) in [6, 6.07) is 9.40. The average Bonchev–Trinajstić information content (AvgIpc) is 3.16. The molecular formula is C17H17N5OS. The lowest BCUT2D eigenvalue weighted by molar-refractivity contribution is 0.251. The minimum Gasteiger partial charge on any atom is -0.337 e. The van der Waals surface area contributed by atoms with E-state index in [0.29, 0.717) is 18.1 Å². The third-order valence-corrected chi connectivity index (χ3v) is 4.39. The second-order valence-electron chi connectivity index (χ2n) is 5.27. The Balaban J connectivity index is 1.53. The van der Waals surface area contributed by atoms with E-state index in [-0.39, 0.29) is 11.9 Å². The number of hydrogen-bond donors (Lipinski definition) is 2. The fourth-order valence-electron chi connectivity index (χ4n) is 2.12. The van der Waals surface area contributed by atoms with Crippen molar-refractivity contribution in [2.75, 3.05) is 11.9 Å². The molecule has 0 saturated carbocycles. The molecule has 7 heteroatoms. The molecule has 0 unspecified atom stereocenters. The first kappa shape index (κ1) is 16.1. The number of nitrogens with zero attached hydrogens (tertiary/aromatic N) is 3. The minimum atomic E-state index is -0.283. The van der Waals surface area contributed by atoms with Crippen molar-refractivity contribution in [2.45, 2.75) is 12.8 Å². The highest BCUT2D eigenvalue weighted by Gasteiger charge is 2.10. The molecule has 6 nitrogen and oxygen atoms in total. The van der Waals surface area contributed by atoms with Crippen LogP contribution < -0.4 is 10.6 Å². The Bertz CT molecular complexity index is 775. The van der Waals surface area contributed by atoms with E-state index in [1.54, 1.807) is 29.9 Å². The van der Waals surface area contributed by atoms with E-state index < -0.39 is 0 Å². The quantitative estimate of drug-likeness (QED) is 0.745. The molecule has 2 aromatic heterocycles. The maximum absolute atomic E-state index is 11.9. The van der Waals surface area contributed by atoms with Gasteiger partial charge in [-0.2, -0.15) is 0 Å². The smallest absolute Gasteiger partial charge is 0.319 e. The Morgan fingerprint density at radius 3 is 2.58 bits per heavy atom. The van der Waals surface area contributed by atoms with Crippen molar-refractivity contribution in [3.05, 3.63) is 59.3 Å². The van der Waals surface area contributed by atoms with E-state index in [1.807, 2.05) is 42.6 Å². The van der Waals surface area contributed by atoms with Crippen LogP contribution in [0.3, 0.4) is 0 Å². The fraction of sp³-hybridized carbons (Fsp3) is 0.176. The molecule has 24 heavy (non-hydrogen) atoms. The molecular weight excluding hydrogens is 322 g/mol. The van der Waals surface area contributed by atoms with Gasteiger partial charge in [0, 0.05) is 29.6 Å². The molecule has 3 aromatic rings. The zero-order valence-electron chi connectivity index (χ0n) is 13.1. The minimum absolute atomic E-state index is 0.174. The van der Waals surface area contributed by atoms with Gasteiger partial charge in [-0.25, -0.2) is 19.7 Å². The molecule has 0 fully saturated rings. The molecule has 0 saturated heterocycles.